The molecule has 0 bridgehead atoms. The molecule has 64 valence electrons. The number of nitrogens with zero attached hydrogens (tertiary/aromatic N) is 1. The van der Waals surface area contributed by atoms with E-state index in [-0.39, 0.29) is 12.0 Å². The molecule has 0 radical (unpaired) electrons. The Balaban J connectivity index is 2.39. The molecular weight excluding hydrogens is 257 g/mol. The van der Waals surface area contributed by atoms with Gasteiger partial charge in [0, 0.05) is 13.1 Å². The van der Waals surface area contributed by atoms with Gasteiger partial charge in [-0.1, -0.05) is 22.6 Å². The lowest BCUT2D eigenvalue weighted by Crippen LogP contribution is -2.44. The molecule has 1 aliphatic rings. The van der Waals surface area contributed by atoms with Crippen molar-refractivity contribution >= 4 is 28.5 Å². The normalized spacial score (nSPS) is 25.3. The lowest BCUT2D eigenvalue weighted by atomic mass is 10.3. The SMILES string of the molecule is CC1CN(C(=O)CI)CCO1. The fourth-order valence-corrected chi connectivity index (χ4v) is 1.61. The molecule has 0 aliphatic carbocycles. The van der Waals surface area contributed by atoms with Crippen molar-refractivity contribution in [3.05, 3.63) is 0 Å². The van der Waals surface area contributed by atoms with Gasteiger partial charge in [0.2, 0.25) is 5.91 Å². The standard InChI is InChI=1S/C7H12INO2/c1-6-5-9(2-3-11-6)7(10)4-8/h6H,2-5H2,1H3. The van der Waals surface area contributed by atoms with E-state index < -0.39 is 0 Å². The Labute approximate surface area is 80.2 Å². The zero-order valence-electron chi connectivity index (χ0n) is 6.55. The smallest absolute Gasteiger partial charge is 0.232 e. The second-order valence-corrected chi connectivity index (χ2v) is 3.42. The van der Waals surface area contributed by atoms with Crippen LogP contribution in [0.15, 0.2) is 0 Å². The van der Waals surface area contributed by atoms with Gasteiger partial charge < -0.3 is 9.64 Å². The summed E-state index contributed by atoms with van der Waals surface area (Å²) in [6.07, 6.45) is 0.204. The van der Waals surface area contributed by atoms with Crippen molar-refractivity contribution in [2.75, 3.05) is 24.1 Å². The zero-order chi connectivity index (χ0) is 8.27. The van der Waals surface area contributed by atoms with Gasteiger partial charge in [-0.05, 0) is 6.92 Å². The minimum Gasteiger partial charge on any atom is -0.375 e. The maximum Gasteiger partial charge on any atom is 0.232 e. The summed E-state index contributed by atoms with van der Waals surface area (Å²) in [5.74, 6) is 0.223. The molecule has 1 aliphatic heterocycles. The molecule has 0 N–H and O–H groups in total. The van der Waals surface area contributed by atoms with E-state index in [1.807, 2.05) is 11.8 Å². The number of ether oxygens (including phenoxy) is 1. The monoisotopic (exact) mass is 269 g/mol. The Morgan fingerprint density at radius 1 is 1.82 bits per heavy atom. The van der Waals surface area contributed by atoms with Crippen LogP contribution in [0.1, 0.15) is 6.92 Å². The molecule has 0 spiro atoms. The first-order valence-corrected chi connectivity index (χ1v) is 5.22. The second kappa shape index (κ2) is 4.25. The molecule has 0 aromatic rings. The van der Waals surface area contributed by atoms with Crippen molar-refractivity contribution in [1.29, 1.82) is 0 Å². The van der Waals surface area contributed by atoms with Crippen LogP contribution in [-0.2, 0) is 9.53 Å². The number of rotatable bonds is 1. The van der Waals surface area contributed by atoms with Gasteiger partial charge in [-0.15, -0.1) is 0 Å². The first-order chi connectivity index (χ1) is 5.24. The van der Waals surface area contributed by atoms with E-state index in [1.54, 1.807) is 0 Å². The van der Waals surface area contributed by atoms with Gasteiger partial charge in [-0.3, -0.25) is 4.79 Å². The Hall–Kier alpha value is 0.160. The molecule has 3 nitrogen and oxygen atoms in total. The summed E-state index contributed by atoms with van der Waals surface area (Å²) in [6.45, 7) is 4.18. The van der Waals surface area contributed by atoms with Crippen molar-refractivity contribution in [3.8, 4) is 0 Å². The third-order valence-corrected chi connectivity index (χ3v) is 2.36. The lowest BCUT2D eigenvalue weighted by molar-refractivity contribution is -0.134. The highest BCUT2D eigenvalue weighted by Crippen LogP contribution is 2.05. The first-order valence-electron chi connectivity index (χ1n) is 3.69. The van der Waals surface area contributed by atoms with Gasteiger partial charge in [0.1, 0.15) is 0 Å². The average Bonchev–Trinajstić information content (AvgIpc) is 2.03. The van der Waals surface area contributed by atoms with Crippen molar-refractivity contribution < 1.29 is 9.53 Å². The van der Waals surface area contributed by atoms with Crippen LogP contribution < -0.4 is 0 Å². The predicted octanol–water partition coefficient (Wildman–Crippen LogP) is 0.669. The fraction of sp³-hybridized carbons (Fsp3) is 0.857. The maximum absolute atomic E-state index is 11.2. The van der Waals surface area contributed by atoms with Crippen LogP contribution in [-0.4, -0.2) is 41.0 Å². The van der Waals surface area contributed by atoms with E-state index in [0.717, 1.165) is 13.1 Å². The Morgan fingerprint density at radius 3 is 3.09 bits per heavy atom. The van der Waals surface area contributed by atoms with E-state index in [0.29, 0.717) is 11.0 Å². The number of amides is 1. The van der Waals surface area contributed by atoms with Crippen molar-refractivity contribution in [1.82, 2.24) is 4.90 Å². The van der Waals surface area contributed by atoms with Crippen LogP contribution in [0.25, 0.3) is 0 Å². The number of hydrogen-bond donors (Lipinski definition) is 0. The van der Waals surface area contributed by atoms with Crippen molar-refractivity contribution in [2.24, 2.45) is 0 Å². The summed E-state index contributed by atoms with van der Waals surface area (Å²) >= 11 is 2.09. The molecule has 0 saturated carbocycles. The van der Waals surface area contributed by atoms with Gasteiger partial charge in [0.25, 0.3) is 0 Å². The zero-order valence-corrected chi connectivity index (χ0v) is 8.70. The van der Waals surface area contributed by atoms with E-state index in [2.05, 4.69) is 22.6 Å². The maximum atomic E-state index is 11.2. The summed E-state index contributed by atoms with van der Waals surface area (Å²) in [4.78, 5) is 13.0. The number of alkyl halides is 1. The van der Waals surface area contributed by atoms with Crippen LogP contribution >= 0.6 is 22.6 Å². The molecule has 1 amide bonds. The molecule has 1 rings (SSSR count). The Bertz CT molecular complexity index is 151. The molecule has 4 heteroatoms. The van der Waals surface area contributed by atoms with Gasteiger partial charge in [0.15, 0.2) is 0 Å². The molecule has 1 unspecified atom stereocenters. The summed E-state index contributed by atoms with van der Waals surface area (Å²) in [5.41, 5.74) is 0. The molecule has 1 saturated heterocycles. The number of morpholine rings is 1. The van der Waals surface area contributed by atoms with Gasteiger partial charge in [-0.2, -0.15) is 0 Å². The summed E-state index contributed by atoms with van der Waals surface area (Å²) in [6, 6.07) is 0. The third-order valence-electron chi connectivity index (χ3n) is 1.71. The highest BCUT2D eigenvalue weighted by molar-refractivity contribution is 14.1. The van der Waals surface area contributed by atoms with Gasteiger partial charge >= 0.3 is 0 Å². The Morgan fingerprint density at radius 2 is 2.55 bits per heavy atom. The van der Waals surface area contributed by atoms with E-state index in [9.17, 15) is 4.79 Å². The minimum atomic E-state index is 0.204. The first kappa shape index (κ1) is 9.25. The van der Waals surface area contributed by atoms with Crippen LogP contribution in [0.5, 0.6) is 0 Å². The molecule has 0 aromatic carbocycles. The van der Waals surface area contributed by atoms with Gasteiger partial charge in [0.05, 0.1) is 17.1 Å². The molecule has 1 fully saturated rings. The van der Waals surface area contributed by atoms with Crippen LogP contribution in [0.3, 0.4) is 0 Å². The highest BCUT2D eigenvalue weighted by Gasteiger charge is 2.19. The minimum absolute atomic E-state index is 0.204. The molecule has 1 atom stereocenters. The number of halogens is 1. The van der Waals surface area contributed by atoms with Crippen molar-refractivity contribution in [3.63, 3.8) is 0 Å². The summed E-state index contributed by atoms with van der Waals surface area (Å²) in [5, 5.41) is 0. The fourth-order valence-electron chi connectivity index (χ4n) is 1.13. The van der Waals surface area contributed by atoms with Crippen LogP contribution in [0.4, 0.5) is 0 Å². The van der Waals surface area contributed by atoms with E-state index in [4.69, 9.17) is 4.74 Å². The number of hydrogen-bond acceptors (Lipinski definition) is 2. The quantitative estimate of drug-likeness (QED) is 0.517. The Kier molecular flexibility index (Phi) is 3.58. The van der Waals surface area contributed by atoms with E-state index in [1.165, 1.54) is 0 Å². The van der Waals surface area contributed by atoms with Crippen LogP contribution in [0, 0.1) is 0 Å². The highest BCUT2D eigenvalue weighted by atomic mass is 127. The average molecular weight is 269 g/mol. The molecule has 11 heavy (non-hydrogen) atoms. The van der Waals surface area contributed by atoms with Gasteiger partial charge in [-0.25, -0.2) is 0 Å². The van der Waals surface area contributed by atoms with Crippen LogP contribution in [0.2, 0.25) is 0 Å². The number of carbonyl (C=O) groups is 1. The van der Waals surface area contributed by atoms with E-state index >= 15 is 0 Å². The molecule has 0 aromatic heterocycles. The molecular formula is C7H12INO2. The predicted molar refractivity (Wildman–Crippen MR) is 50.9 cm³/mol. The second-order valence-electron chi connectivity index (χ2n) is 2.65. The third kappa shape index (κ3) is 2.59. The largest absolute Gasteiger partial charge is 0.375 e. The lowest BCUT2D eigenvalue weighted by Gasteiger charge is -2.30. The summed E-state index contributed by atoms with van der Waals surface area (Å²) < 4.78 is 5.88. The number of carbonyl (C=O) groups excluding carboxylic acids is 1. The van der Waals surface area contributed by atoms with Crippen molar-refractivity contribution in [2.45, 2.75) is 13.0 Å². The molecule has 1 heterocycles. The summed E-state index contributed by atoms with van der Waals surface area (Å²) in [7, 11) is 0. The topological polar surface area (TPSA) is 29.5 Å².